The van der Waals surface area contributed by atoms with Crippen LogP contribution in [0.5, 0.6) is 0 Å². The number of carbonyl (C=O) groups is 1. The van der Waals surface area contributed by atoms with Crippen LogP contribution in [0.15, 0.2) is 12.1 Å². The fourth-order valence-electron chi connectivity index (χ4n) is 0.722. The van der Waals surface area contributed by atoms with Crippen LogP contribution < -0.4 is 0 Å². The van der Waals surface area contributed by atoms with Crippen LogP contribution in [0.2, 0.25) is 5.15 Å². The number of hydrogen-bond acceptors (Lipinski definition) is 3. The molecular weight excluding hydrogens is 178 g/mol. The number of methoxy groups -OCH3 is 1. The predicted octanol–water partition coefficient (Wildman–Crippen LogP) is 1.83. The molecular formula is C8H8ClNO2. The highest BCUT2D eigenvalue weighted by atomic mass is 35.5. The molecule has 1 aromatic heterocycles. The summed E-state index contributed by atoms with van der Waals surface area (Å²) in [7, 11) is 1.30. The predicted molar refractivity (Wildman–Crippen MR) is 45.3 cm³/mol. The number of carbonyl (C=O) groups excluding carboxylic acids is 1. The molecule has 0 aliphatic heterocycles. The van der Waals surface area contributed by atoms with Crippen molar-refractivity contribution in [3.63, 3.8) is 0 Å². The Kier molecular flexibility index (Phi) is 2.65. The van der Waals surface area contributed by atoms with Gasteiger partial charge in [-0.25, -0.2) is 9.78 Å². The van der Waals surface area contributed by atoms with Crippen molar-refractivity contribution in [1.29, 1.82) is 0 Å². The monoisotopic (exact) mass is 185 g/mol. The SMILES string of the molecule is COC(=O)c1ccc(C)c(Cl)n1. The van der Waals surface area contributed by atoms with Gasteiger partial charge in [-0.1, -0.05) is 17.7 Å². The van der Waals surface area contributed by atoms with Crippen LogP contribution in [0.1, 0.15) is 16.1 Å². The van der Waals surface area contributed by atoms with Crippen LogP contribution in [-0.2, 0) is 4.74 Å². The first kappa shape index (κ1) is 9.00. The van der Waals surface area contributed by atoms with Crippen LogP contribution in [0.25, 0.3) is 0 Å². The van der Waals surface area contributed by atoms with Gasteiger partial charge in [0.15, 0.2) is 0 Å². The van der Waals surface area contributed by atoms with Gasteiger partial charge >= 0.3 is 5.97 Å². The molecule has 1 aromatic rings. The van der Waals surface area contributed by atoms with E-state index >= 15 is 0 Å². The van der Waals surface area contributed by atoms with E-state index in [2.05, 4.69) is 9.72 Å². The van der Waals surface area contributed by atoms with Crippen molar-refractivity contribution in [1.82, 2.24) is 4.98 Å². The molecule has 0 spiro atoms. The zero-order valence-corrected chi connectivity index (χ0v) is 7.55. The lowest BCUT2D eigenvalue weighted by molar-refractivity contribution is 0.0594. The van der Waals surface area contributed by atoms with Gasteiger partial charge in [-0.2, -0.15) is 0 Å². The van der Waals surface area contributed by atoms with Crippen molar-refractivity contribution in [2.75, 3.05) is 7.11 Å². The minimum absolute atomic E-state index is 0.230. The van der Waals surface area contributed by atoms with Gasteiger partial charge in [0.1, 0.15) is 10.8 Å². The van der Waals surface area contributed by atoms with Gasteiger partial charge in [0, 0.05) is 0 Å². The van der Waals surface area contributed by atoms with Crippen LogP contribution in [0, 0.1) is 6.92 Å². The molecule has 0 saturated carbocycles. The minimum Gasteiger partial charge on any atom is -0.464 e. The smallest absolute Gasteiger partial charge is 0.356 e. The Balaban J connectivity index is 3.05. The first-order valence-corrected chi connectivity index (χ1v) is 3.74. The van der Waals surface area contributed by atoms with E-state index in [9.17, 15) is 4.79 Å². The van der Waals surface area contributed by atoms with Crippen LogP contribution >= 0.6 is 11.6 Å². The summed E-state index contributed by atoms with van der Waals surface area (Å²) in [5.41, 5.74) is 1.07. The van der Waals surface area contributed by atoms with E-state index in [0.717, 1.165) is 5.56 Å². The number of pyridine rings is 1. The van der Waals surface area contributed by atoms with Crippen LogP contribution in [-0.4, -0.2) is 18.1 Å². The summed E-state index contributed by atoms with van der Waals surface area (Å²) in [5, 5.41) is 0.331. The summed E-state index contributed by atoms with van der Waals surface area (Å²) < 4.78 is 4.47. The Bertz CT molecular complexity index is 312. The van der Waals surface area contributed by atoms with Gasteiger partial charge in [0.25, 0.3) is 0 Å². The van der Waals surface area contributed by atoms with E-state index in [-0.39, 0.29) is 5.69 Å². The molecule has 4 heteroatoms. The molecule has 64 valence electrons. The highest BCUT2D eigenvalue weighted by Crippen LogP contribution is 2.12. The van der Waals surface area contributed by atoms with Gasteiger partial charge in [-0.3, -0.25) is 0 Å². The zero-order chi connectivity index (χ0) is 9.14. The molecule has 0 aromatic carbocycles. The molecule has 3 nitrogen and oxygen atoms in total. The Morgan fingerprint density at radius 3 is 2.75 bits per heavy atom. The third kappa shape index (κ3) is 1.74. The molecule has 1 rings (SSSR count). The van der Waals surface area contributed by atoms with E-state index < -0.39 is 5.97 Å². The second-order valence-electron chi connectivity index (χ2n) is 2.30. The molecule has 0 unspecified atom stereocenters. The molecule has 0 bridgehead atoms. The fourth-order valence-corrected chi connectivity index (χ4v) is 0.876. The molecule has 0 N–H and O–H groups in total. The molecule has 0 amide bonds. The topological polar surface area (TPSA) is 39.2 Å². The molecule has 1 heterocycles. The third-order valence-corrected chi connectivity index (χ3v) is 1.81. The van der Waals surface area contributed by atoms with Gasteiger partial charge in [-0.05, 0) is 18.6 Å². The van der Waals surface area contributed by atoms with Crippen LogP contribution in [0.3, 0.4) is 0 Å². The maximum Gasteiger partial charge on any atom is 0.356 e. The second-order valence-corrected chi connectivity index (χ2v) is 2.65. The van der Waals surface area contributed by atoms with Crippen molar-refractivity contribution < 1.29 is 9.53 Å². The molecule has 0 aliphatic rings. The summed E-state index contributed by atoms with van der Waals surface area (Å²) in [6.45, 7) is 1.82. The summed E-state index contributed by atoms with van der Waals surface area (Å²) in [6.07, 6.45) is 0. The maximum atomic E-state index is 10.9. The largest absolute Gasteiger partial charge is 0.464 e. The molecule has 0 aliphatic carbocycles. The average molecular weight is 186 g/mol. The Morgan fingerprint density at radius 1 is 1.58 bits per heavy atom. The third-order valence-electron chi connectivity index (χ3n) is 1.43. The summed E-state index contributed by atoms with van der Waals surface area (Å²) in [6, 6.07) is 3.30. The fraction of sp³-hybridized carbons (Fsp3) is 0.250. The molecule has 0 saturated heterocycles. The Morgan fingerprint density at radius 2 is 2.25 bits per heavy atom. The van der Waals surface area contributed by atoms with E-state index in [1.54, 1.807) is 12.1 Å². The highest BCUT2D eigenvalue weighted by Gasteiger charge is 2.07. The van der Waals surface area contributed by atoms with Gasteiger partial charge in [0.05, 0.1) is 7.11 Å². The van der Waals surface area contributed by atoms with Gasteiger partial charge in [-0.15, -0.1) is 0 Å². The van der Waals surface area contributed by atoms with E-state index in [1.807, 2.05) is 6.92 Å². The average Bonchev–Trinajstić information content (AvgIpc) is 2.08. The lowest BCUT2D eigenvalue weighted by Gasteiger charge is -1.99. The summed E-state index contributed by atoms with van der Waals surface area (Å²) in [5.74, 6) is -0.475. The lowest BCUT2D eigenvalue weighted by Crippen LogP contribution is -2.04. The number of aromatic nitrogens is 1. The number of aryl methyl sites for hydroxylation is 1. The molecule has 0 atom stereocenters. The number of rotatable bonds is 1. The summed E-state index contributed by atoms with van der Waals surface area (Å²) >= 11 is 5.70. The number of nitrogens with zero attached hydrogens (tertiary/aromatic N) is 1. The minimum atomic E-state index is -0.475. The first-order chi connectivity index (χ1) is 5.65. The number of hydrogen-bond donors (Lipinski definition) is 0. The van der Waals surface area contributed by atoms with E-state index in [1.165, 1.54) is 7.11 Å². The van der Waals surface area contributed by atoms with Crippen molar-refractivity contribution in [3.8, 4) is 0 Å². The zero-order valence-electron chi connectivity index (χ0n) is 6.80. The quantitative estimate of drug-likeness (QED) is 0.495. The maximum absolute atomic E-state index is 10.9. The van der Waals surface area contributed by atoms with Crippen molar-refractivity contribution in [2.45, 2.75) is 6.92 Å². The number of ether oxygens (including phenoxy) is 1. The van der Waals surface area contributed by atoms with Gasteiger partial charge in [0.2, 0.25) is 0 Å². The summed E-state index contributed by atoms with van der Waals surface area (Å²) in [4.78, 5) is 14.8. The molecule has 0 fully saturated rings. The Hall–Kier alpha value is -1.09. The normalized spacial score (nSPS) is 9.58. The number of halogens is 1. The van der Waals surface area contributed by atoms with Crippen molar-refractivity contribution >= 4 is 17.6 Å². The highest BCUT2D eigenvalue weighted by molar-refractivity contribution is 6.30. The van der Waals surface area contributed by atoms with Crippen molar-refractivity contribution in [2.24, 2.45) is 0 Å². The van der Waals surface area contributed by atoms with E-state index in [0.29, 0.717) is 5.15 Å². The first-order valence-electron chi connectivity index (χ1n) is 3.36. The second kappa shape index (κ2) is 3.54. The van der Waals surface area contributed by atoms with Gasteiger partial charge < -0.3 is 4.74 Å². The van der Waals surface area contributed by atoms with Crippen LogP contribution in [0.4, 0.5) is 0 Å². The standard InChI is InChI=1S/C8H8ClNO2/c1-5-3-4-6(8(11)12-2)10-7(5)9/h3-4H,1-2H3. The molecule has 0 radical (unpaired) electrons. The molecule has 12 heavy (non-hydrogen) atoms. The lowest BCUT2D eigenvalue weighted by atomic mass is 10.3. The Labute approximate surface area is 75.3 Å². The van der Waals surface area contributed by atoms with Crippen molar-refractivity contribution in [3.05, 3.63) is 28.5 Å². The number of esters is 1. The van der Waals surface area contributed by atoms with E-state index in [4.69, 9.17) is 11.6 Å².